The Hall–Kier alpha value is -5.88. The van der Waals surface area contributed by atoms with Crippen LogP contribution in [0.3, 0.4) is 0 Å². The van der Waals surface area contributed by atoms with Gasteiger partial charge in [0, 0.05) is 0 Å². The first kappa shape index (κ1) is 87.5. The van der Waals surface area contributed by atoms with Gasteiger partial charge in [-0.05, 0) is 325 Å². The Morgan fingerprint density at radius 1 is 0.444 bits per heavy atom. The summed E-state index contributed by atoms with van der Waals surface area (Å²) >= 11 is 15.6. The van der Waals surface area contributed by atoms with Gasteiger partial charge in [0.2, 0.25) is 0 Å². The minimum absolute atomic E-state index is 0.0148. The van der Waals surface area contributed by atoms with Gasteiger partial charge in [0.1, 0.15) is 37.6 Å². The van der Waals surface area contributed by atoms with Crippen LogP contribution in [-0.4, -0.2) is 85.2 Å². The number of carbonyl (C=O) groups excluding carboxylic acids is 2. The molecular formula is C97H128B4Cl2O14. The van der Waals surface area contributed by atoms with Gasteiger partial charge in [0.25, 0.3) is 0 Å². The molecule has 0 bridgehead atoms. The first-order valence-electron chi connectivity index (χ1n) is 43.7. The van der Waals surface area contributed by atoms with E-state index in [-0.39, 0.29) is 59.1 Å². The molecule has 9 atom stereocenters. The van der Waals surface area contributed by atoms with Crippen molar-refractivity contribution >= 4 is 91.0 Å². The Balaban J connectivity index is 0.838. The van der Waals surface area contributed by atoms with Crippen LogP contribution in [0.5, 0.6) is 11.5 Å². The number of fused-ring (bicyclic) bond motifs is 5. The van der Waals surface area contributed by atoms with E-state index in [9.17, 15) is 0 Å². The first-order valence-corrected chi connectivity index (χ1v) is 44.5. The lowest BCUT2D eigenvalue weighted by Crippen LogP contribution is -2.53. The molecule has 1 unspecified atom stereocenters. The number of hydrogen-bond acceptors (Lipinski definition) is 14. The zero-order chi connectivity index (χ0) is 84.0. The molecular weight excluding hydrogens is 1500 g/mol. The summed E-state index contributed by atoms with van der Waals surface area (Å²) in [5.41, 5.74) is 3.73. The SMILES string of the molecule is CC(C)CCCC(C)[C@H]1CC[C@H]2[C@@H]3CC[C@H]4C[C@@H](CCC=C(c5cc(Cl)c(OCc6ccccc6B6OC(C)(C)C(C)(C)O6)c(C(=O)OCc6ccccc6B6OC(C)(C)C(C)(C)O6)c5)c5cc(Cl)c(OCc6ccccc6B6OC(C)(C)C(C)(C)O6)c(C(=O)OCc6ccccc6B6OC(C)(C)C(C)(C)O6)c5)CC[C@]4(C)[C@H]3CC[C@]12C. The van der Waals surface area contributed by atoms with E-state index >= 15 is 9.59 Å². The highest BCUT2D eigenvalue weighted by Crippen LogP contribution is 2.69. The maximum atomic E-state index is 15.7. The third-order valence-electron chi connectivity index (χ3n) is 30.8. The topological polar surface area (TPSA) is 145 Å². The molecule has 14 nitrogen and oxygen atoms in total. The van der Waals surface area contributed by atoms with E-state index in [1.54, 1.807) is 12.1 Å². The first-order chi connectivity index (χ1) is 55.0. The maximum Gasteiger partial charge on any atom is 0.495 e. The van der Waals surface area contributed by atoms with Gasteiger partial charge < -0.3 is 56.2 Å². The molecule has 6 aromatic rings. The van der Waals surface area contributed by atoms with E-state index in [4.69, 9.17) is 79.4 Å². The summed E-state index contributed by atoms with van der Waals surface area (Å²) in [6.45, 7) is 44.8. The van der Waals surface area contributed by atoms with Crippen LogP contribution in [0.1, 0.15) is 289 Å². The third-order valence-corrected chi connectivity index (χ3v) is 31.3. The van der Waals surface area contributed by atoms with Gasteiger partial charge in [-0.15, -0.1) is 0 Å². The van der Waals surface area contributed by atoms with E-state index in [0.29, 0.717) is 56.9 Å². The monoisotopic (exact) mass is 1630 g/mol. The fourth-order valence-corrected chi connectivity index (χ4v) is 21.3. The predicted molar refractivity (Wildman–Crippen MR) is 471 cm³/mol. The van der Waals surface area contributed by atoms with Crippen LogP contribution in [0, 0.1) is 58.2 Å². The van der Waals surface area contributed by atoms with Gasteiger partial charge >= 0.3 is 40.4 Å². The van der Waals surface area contributed by atoms with E-state index < -0.39 is 85.2 Å². The van der Waals surface area contributed by atoms with Crippen molar-refractivity contribution < 1.29 is 65.8 Å². The summed E-state index contributed by atoms with van der Waals surface area (Å²) in [4.78, 5) is 31.5. The molecule has 6 aromatic carbocycles. The molecule has 4 saturated heterocycles. The fraction of sp³-hybridized carbons (Fsp3) is 0.588. The molecule has 4 heterocycles. The highest BCUT2D eigenvalue weighted by molar-refractivity contribution is 6.64. The lowest BCUT2D eigenvalue weighted by Gasteiger charge is -2.61. The minimum atomic E-state index is -0.724. The summed E-state index contributed by atoms with van der Waals surface area (Å²) in [5, 5.41) is 0.301. The summed E-state index contributed by atoms with van der Waals surface area (Å²) in [5.74, 6) is 4.73. The van der Waals surface area contributed by atoms with Crippen molar-refractivity contribution in [3.8, 4) is 11.5 Å². The minimum Gasteiger partial charge on any atom is -0.486 e. The van der Waals surface area contributed by atoms with E-state index in [1.807, 2.05) is 220 Å². The summed E-state index contributed by atoms with van der Waals surface area (Å²) < 4.78 is 79.7. The average Bonchev–Trinajstić information content (AvgIpc) is 1.68. The van der Waals surface area contributed by atoms with Crippen molar-refractivity contribution in [3.63, 3.8) is 0 Å². The standard InChI is InChI=1S/C97H128B4Cl2O14/c1-61(2)32-30-33-62(3)75-46-47-76-72-45-44-70-52-63(48-50-96(70,20)77(72)49-51-97(75,76)21)34-31-39-71(68-53-73(86(104)108-59-66-37-24-28-42-80(66)100-114-92(12,13)93(14,15)115-100)84(82(102)55-68)106-57-64-35-22-26-40-78(64)98-110-88(4,5)89(6,7)111-98)69-54-74(87(105)109-60-67-38-25-29-43-81(67)101-116-94(16,17)95(18,19)117-101)85(83(103)56-69)107-58-65-36-23-27-41-79(65)99-112-90(8,9)91(10,11)113-99/h22-29,35-43,53-56,61-63,70,72,75-77H,30-34,44-52,57-60H2,1-21H3/t62?,63-,70-,72-,75+,76-,77-,96-,97+/m0/s1. The van der Waals surface area contributed by atoms with E-state index in [1.165, 1.54) is 70.6 Å². The van der Waals surface area contributed by atoms with Gasteiger partial charge in [0.15, 0.2) is 11.5 Å². The van der Waals surface area contributed by atoms with Crippen LogP contribution < -0.4 is 31.3 Å². The largest absolute Gasteiger partial charge is 0.495 e. The van der Waals surface area contributed by atoms with Crippen molar-refractivity contribution in [1.29, 1.82) is 0 Å². The van der Waals surface area contributed by atoms with Crippen molar-refractivity contribution in [1.82, 2.24) is 0 Å². The Bertz CT molecular complexity index is 4370. The molecule has 0 radical (unpaired) electrons. The average molecular weight is 1630 g/mol. The molecule has 626 valence electrons. The quantitative estimate of drug-likeness (QED) is 0.0375. The Morgan fingerprint density at radius 2 is 0.812 bits per heavy atom. The van der Waals surface area contributed by atoms with Crippen molar-refractivity contribution in [2.45, 2.75) is 307 Å². The van der Waals surface area contributed by atoms with Crippen LogP contribution in [-0.2, 0) is 73.1 Å². The molecule has 0 spiro atoms. The predicted octanol–water partition coefficient (Wildman–Crippen LogP) is 21.0. The second kappa shape index (κ2) is 33.4. The highest BCUT2D eigenvalue weighted by Gasteiger charge is 2.62. The molecule has 8 fully saturated rings. The highest BCUT2D eigenvalue weighted by atomic mass is 35.5. The third kappa shape index (κ3) is 17.4. The number of hydrogen-bond donors (Lipinski definition) is 0. The van der Waals surface area contributed by atoms with Crippen LogP contribution in [0.2, 0.25) is 10.0 Å². The number of halogens is 2. The Labute approximate surface area is 710 Å². The molecule has 4 aliphatic carbocycles. The van der Waals surface area contributed by atoms with Gasteiger partial charge in [-0.25, -0.2) is 9.59 Å². The molecule has 20 heteroatoms. The number of ether oxygens (including phenoxy) is 4. The lowest BCUT2D eigenvalue weighted by atomic mass is 9.44. The number of rotatable bonds is 26. The lowest BCUT2D eigenvalue weighted by molar-refractivity contribution is -0.121. The van der Waals surface area contributed by atoms with Crippen LogP contribution in [0.15, 0.2) is 127 Å². The van der Waals surface area contributed by atoms with Crippen LogP contribution in [0.4, 0.5) is 0 Å². The normalized spacial score (nSPS) is 27.0. The molecule has 14 rings (SSSR count). The molecule has 4 aliphatic heterocycles. The smallest absolute Gasteiger partial charge is 0.486 e. The number of carbonyl (C=O) groups is 2. The van der Waals surface area contributed by atoms with Crippen molar-refractivity contribution in [3.05, 3.63) is 182 Å². The molecule has 0 N–H and O–H groups in total. The van der Waals surface area contributed by atoms with Crippen molar-refractivity contribution in [2.75, 3.05) is 0 Å². The molecule has 4 saturated carbocycles. The summed E-state index contributed by atoms with van der Waals surface area (Å²) in [6, 6.07) is 38.3. The summed E-state index contributed by atoms with van der Waals surface area (Å²) in [7, 11) is -2.85. The van der Waals surface area contributed by atoms with Crippen molar-refractivity contribution in [2.24, 2.45) is 58.2 Å². The van der Waals surface area contributed by atoms with E-state index in [2.05, 4.69) is 40.7 Å². The van der Waals surface area contributed by atoms with Gasteiger partial charge in [-0.1, -0.05) is 180 Å². The maximum absolute atomic E-state index is 15.7. The summed E-state index contributed by atoms with van der Waals surface area (Å²) in [6.07, 6.45) is 19.6. The zero-order valence-corrected chi connectivity index (χ0v) is 75.3. The Morgan fingerprint density at radius 3 is 1.21 bits per heavy atom. The van der Waals surface area contributed by atoms with Crippen LogP contribution in [0.25, 0.3) is 5.57 Å². The second-order valence-electron chi connectivity index (χ2n) is 40.6. The van der Waals surface area contributed by atoms with Crippen LogP contribution >= 0.6 is 23.2 Å². The van der Waals surface area contributed by atoms with Gasteiger partial charge in [-0.3, -0.25) is 0 Å². The van der Waals surface area contributed by atoms with Gasteiger partial charge in [-0.2, -0.15) is 0 Å². The molecule has 0 aromatic heterocycles. The number of esters is 2. The second-order valence-corrected chi connectivity index (χ2v) is 41.4. The zero-order valence-electron chi connectivity index (χ0n) is 73.8. The van der Waals surface area contributed by atoms with E-state index in [0.717, 1.165) is 81.3 Å². The molecule has 117 heavy (non-hydrogen) atoms. The molecule has 0 amide bonds. The number of allylic oxidation sites excluding steroid dienone is 1. The fourth-order valence-electron chi connectivity index (χ4n) is 20.8. The molecule has 8 aliphatic rings. The number of benzene rings is 6. The Kier molecular flexibility index (Phi) is 25.0. The van der Waals surface area contributed by atoms with Gasteiger partial charge in [0.05, 0.1) is 54.9 Å².